The number of halogens is 4. The van der Waals surface area contributed by atoms with Crippen LogP contribution in [0.25, 0.3) is 0 Å². The van der Waals surface area contributed by atoms with Crippen molar-refractivity contribution in [1.82, 2.24) is 0 Å². The van der Waals surface area contributed by atoms with Gasteiger partial charge in [0.15, 0.2) is 6.10 Å². The van der Waals surface area contributed by atoms with Gasteiger partial charge < -0.3 is 10.1 Å². The van der Waals surface area contributed by atoms with E-state index in [4.69, 9.17) is 51.1 Å². The molecule has 3 rings (SSSR count). The molecule has 15 heteroatoms. The minimum atomic E-state index is -4.31. The molecule has 0 saturated carbocycles. The molecular weight excluding hydrogens is 592 g/mol. The van der Waals surface area contributed by atoms with Gasteiger partial charge in [0.2, 0.25) is 0 Å². The number of carbonyl (C=O) groups excluding carboxylic acids is 2. The normalized spacial score (nSPS) is 11.9. The Kier molecular flexibility index (Phi) is 8.88. The predicted octanol–water partition coefficient (Wildman–Crippen LogP) is 6.19. The number of nitro groups is 1. The molecule has 1 atom stereocenters. The van der Waals surface area contributed by atoms with Crippen LogP contribution in [0.4, 0.5) is 17.1 Å². The van der Waals surface area contributed by atoms with Crippen LogP contribution < -0.4 is 10.0 Å². The van der Waals surface area contributed by atoms with Gasteiger partial charge in [-0.1, -0.05) is 46.4 Å². The number of nitrogens with zero attached hydrogens (tertiary/aromatic N) is 1. The Bertz CT molecular complexity index is 1520. The molecule has 0 aliphatic carbocycles. The largest absolute Gasteiger partial charge is 0.449 e. The van der Waals surface area contributed by atoms with E-state index in [1.165, 1.54) is 43.3 Å². The van der Waals surface area contributed by atoms with Crippen LogP contribution in [0.2, 0.25) is 20.1 Å². The topological polar surface area (TPSA) is 145 Å². The molecule has 194 valence electrons. The summed E-state index contributed by atoms with van der Waals surface area (Å²) in [5.41, 5.74) is -0.433. The summed E-state index contributed by atoms with van der Waals surface area (Å²) in [5, 5.41) is 13.2. The van der Waals surface area contributed by atoms with Crippen molar-refractivity contribution in [3.63, 3.8) is 0 Å². The number of amides is 1. The lowest BCUT2D eigenvalue weighted by atomic mass is 10.2. The standard InChI is InChI=1S/C22H15Cl4N3O7S/c1-11(21(30)27-18-7-4-14(29(32)33)10-17(18)26)36-22(31)12-2-5-16(25)20(8-12)37(34,35)28-19-9-13(23)3-6-15(19)24/h2-11,28H,1H3,(H,27,30). The lowest BCUT2D eigenvalue weighted by Crippen LogP contribution is -2.30. The summed E-state index contributed by atoms with van der Waals surface area (Å²) in [5.74, 6) is -1.81. The third-order valence-corrected chi connectivity index (χ3v) is 7.43. The number of rotatable bonds is 8. The fourth-order valence-electron chi connectivity index (χ4n) is 2.85. The first-order chi connectivity index (χ1) is 17.3. The van der Waals surface area contributed by atoms with Crippen molar-refractivity contribution < 1.29 is 27.7 Å². The molecule has 0 radical (unpaired) electrons. The Balaban J connectivity index is 1.76. The minimum Gasteiger partial charge on any atom is -0.449 e. The van der Waals surface area contributed by atoms with Gasteiger partial charge in [0, 0.05) is 17.2 Å². The summed E-state index contributed by atoms with van der Waals surface area (Å²) in [7, 11) is -4.31. The quantitative estimate of drug-likeness (QED) is 0.176. The van der Waals surface area contributed by atoms with E-state index in [0.717, 1.165) is 18.2 Å². The number of hydrogen-bond donors (Lipinski definition) is 2. The van der Waals surface area contributed by atoms with E-state index in [0.29, 0.717) is 0 Å². The van der Waals surface area contributed by atoms with Gasteiger partial charge in [-0.15, -0.1) is 0 Å². The van der Waals surface area contributed by atoms with E-state index in [-0.39, 0.29) is 42.7 Å². The monoisotopic (exact) mass is 605 g/mol. The lowest BCUT2D eigenvalue weighted by molar-refractivity contribution is -0.384. The van der Waals surface area contributed by atoms with Crippen molar-refractivity contribution in [3.8, 4) is 0 Å². The molecule has 2 N–H and O–H groups in total. The number of benzene rings is 3. The smallest absolute Gasteiger partial charge is 0.338 e. The maximum absolute atomic E-state index is 12.9. The van der Waals surface area contributed by atoms with Crippen molar-refractivity contribution in [1.29, 1.82) is 0 Å². The van der Waals surface area contributed by atoms with Crippen LogP contribution in [0.5, 0.6) is 0 Å². The third-order valence-electron chi connectivity index (χ3n) is 4.70. The molecule has 0 bridgehead atoms. The average molecular weight is 607 g/mol. The van der Waals surface area contributed by atoms with Gasteiger partial charge in [-0.3, -0.25) is 19.6 Å². The number of sulfonamides is 1. The molecule has 10 nitrogen and oxygen atoms in total. The summed E-state index contributed by atoms with van der Waals surface area (Å²) >= 11 is 23.9. The number of nitro benzene ring substituents is 1. The lowest BCUT2D eigenvalue weighted by Gasteiger charge is -2.15. The molecular formula is C22H15Cl4N3O7S. The number of carbonyl (C=O) groups is 2. The van der Waals surface area contributed by atoms with Crippen molar-refractivity contribution in [2.75, 3.05) is 10.0 Å². The fourth-order valence-corrected chi connectivity index (χ4v) is 5.06. The van der Waals surface area contributed by atoms with Gasteiger partial charge in [-0.05, 0) is 49.4 Å². The zero-order valence-electron chi connectivity index (χ0n) is 18.5. The number of anilines is 2. The Labute approximate surface area is 230 Å². The van der Waals surface area contributed by atoms with E-state index in [1.807, 2.05) is 0 Å². The van der Waals surface area contributed by atoms with E-state index >= 15 is 0 Å². The third kappa shape index (κ3) is 7.02. The summed E-state index contributed by atoms with van der Waals surface area (Å²) in [6.07, 6.45) is -1.35. The van der Waals surface area contributed by atoms with Crippen LogP contribution in [-0.4, -0.2) is 31.3 Å². The summed E-state index contributed by atoms with van der Waals surface area (Å²) < 4.78 is 33.2. The maximum atomic E-state index is 12.9. The summed E-state index contributed by atoms with van der Waals surface area (Å²) in [4.78, 5) is 34.8. The molecule has 0 aromatic heterocycles. The zero-order chi connectivity index (χ0) is 27.5. The second-order valence-electron chi connectivity index (χ2n) is 7.33. The van der Waals surface area contributed by atoms with Crippen molar-refractivity contribution in [2.45, 2.75) is 17.9 Å². The molecule has 0 heterocycles. The molecule has 0 fully saturated rings. The number of ether oxygens (including phenoxy) is 1. The highest BCUT2D eigenvalue weighted by atomic mass is 35.5. The van der Waals surface area contributed by atoms with Crippen LogP contribution >= 0.6 is 46.4 Å². The molecule has 0 aliphatic heterocycles. The predicted molar refractivity (Wildman–Crippen MR) is 140 cm³/mol. The number of esters is 1. The van der Waals surface area contributed by atoms with Crippen LogP contribution in [0.3, 0.4) is 0 Å². The van der Waals surface area contributed by atoms with Gasteiger partial charge >= 0.3 is 5.97 Å². The van der Waals surface area contributed by atoms with Crippen molar-refractivity contribution in [3.05, 3.63) is 90.4 Å². The van der Waals surface area contributed by atoms with Gasteiger partial charge in [0.05, 0.1) is 36.9 Å². The van der Waals surface area contributed by atoms with E-state index in [9.17, 15) is 28.1 Å². The van der Waals surface area contributed by atoms with Crippen LogP contribution in [-0.2, 0) is 19.6 Å². The van der Waals surface area contributed by atoms with Crippen LogP contribution in [0, 0.1) is 10.1 Å². The van der Waals surface area contributed by atoms with Crippen molar-refractivity contribution >= 4 is 85.4 Å². The molecule has 1 unspecified atom stereocenters. The van der Waals surface area contributed by atoms with E-state index in [2.05, 4.69) is 10.0 Å². The molecule has 37 heavy (non-hydrogen) atoms. The molecule has 1 amide bonds. The highest BCUT2D eigenvalue weighted by molar-refractivity contribution is 7.92. The second kappa shape index (κ2) is 11.5. The van der Waals surface area contributed by atoms with Crippen LogP contribution in [0.15, 0.2) is 59.5 Å². The van der Waals surface area contributed by atoms with E-state index < -0.39 is 37.8 Å². The molecule has 0 saturated heterocycles. The minimum absolute atomic E-state index is 0.00610. The number of non-ortho nitro benzene ring substituents is 1. The SMILES string of the molecule is CC(OC(=O)c1ccc(Cl)c(S(=O)(=O)Nc2cc(Cl)ccc2Cl)c1)C(=O)Nc1ccc([N+](=O)[O-])cc1Cl. The van der Waals surface area contributed by atoms with Crippen LogP contribution in [0.1, 0.15) is 17.3 Å². The number of hydrogen-bond acceptors (Lipinski definition) is 7. The van der Waals surface area contributed by atoms with Gasteiger partial charge in [-0.2, -0.15) is 0 Å². The first kappa shape index (κ1) is 28.5. The molecule has 0 aliphatic rings. The first-order valence-electron chi connectivity index (χ1n) is 10.0. The van der Waals surface area contributed by atoms with Crippen molar-refractivity contribution in [2.24, 2.45) is 0 Å². The first-order valence-corrected chi connectivity index (χ1v) is 13.0. The van der Waals surface area contributed by atoms with Gasteiger partial charge in [0.1, 0.15) is 4.90 Å². The highest BCUT2D eigenvalue weighted by Gasteiger charge is 2.25. The molecule has 0 spiro atoms. The second-order valence-corrected chi connectivity index (χ2v) is 10.6. The Morgan fingerprint density at radius 2 is 1.59 bits per heavy atom. The van der Waals surface area contributed by atoms with Gasteiger partial charge in [-0.25, -0.2) is 13.2 Å². The highest BCUT2D eigenvalue weighted by Crippen LogP contribution is 2.31. The maximum Gasteiger partial charge on any atom is 0.338 e. The van der Waals surface area contributed by atoms with Gasteiger partial charge in [0.25, 0.3) is 21.6 Å². The number of nitrogens with one attached hydrogen (secondary N) is 2. The Morgan fingerprint density at radius 3 is 2.24 bits per heavy atom. The molecule has 3 aromatic carbocycles. The Hall–Kier alpha value is -3.09. The zero-order valence-corrected chi connectivity index (χ0v) is 22.3. The fraction of sp³-hybridized carbons (Fsp3) is 0.0909. The van der Waals surface area contributed by atoms with E-state index in [1.54, 1.807) is 0 Å². The Morgan fingerprint density at radius 1 is 0.919 bits per heavy atom. The summed E-state index contributed by atoms with van der Waals surface area (Å²) in [6, 6.07) is 10.9. The average Bonchev–Trinajstić information content (AvgIpc) is 2.82. The molecule has 3 aromatic rings. The summed E-state index contributed by atoms with van der Waals surface area (Å²) in [6.45, 7) is 1.27.